The quantitative estimate of drug-likeness (QED) is 0.595. The van der Waals surface area contributed by atoms with Gasteiger partial charge < -0.3 is 15.0 Å². The summed E-state index contributed by atoms with van der Waals surface area (Å²) >= 11 is 0. The van der Waals surface area contributed by atoms with Gasteiger partial charge in [-0.15, -0.1) is 0 Å². The van der Waals surface area contributed by atoms with Crippen molar-refractivity contribution >= 4 is 27.8 Å². The minimum atomic E-state index is -0.782. The van der Waals surface area contributed by atoms with Crippen molar-refractivity contribution in [2.45, 2.75) is 6.10 Å². The Hall–Kier alpha value is -3.25. The van der Waals surface area contributed by atoms with Crippen LogP contribution in [-0.4, -0.2) is 32.1 Å². The first kappa shape index (κ1) is 16.2. The summed E-state index contributed by atoms with van der Waals surface area (Å²) in [6, 6.07) is 15.4. The average molecular weight is 346 g/mol. The number of imidazole rings is 1. The van der Waals surface area contributed by atoms with E-state index in [0.29, 0.717) is 11.1 Å². The zero-order valence-electron chi connectivity index (χ0n) is 14.3. The fraction of sp³-hybridized carbons (Fsp3) is 0.150. The van der Waals surface area contributed by atoms with Crippen molar-refractivity contribution in [1.29, 1.82) is 0 Å². The number of hydrogen-bond donors (Lipinski definition) is 2. The standard InChI is InChI=1S/C20H18N4O2/c1-24-12-23-17-9-16(10-21-19(17)24)20(26)22-11-18(25)15-7-6-13-4-2-3-5-14(13)8-15/h2-10,12,18,25H,11H2,1H3,(H,22,26). The molecule has 1 amide bonds. The van der Waals surface area contributed by atoms with E-state index in [0.717, 1.165) is 22.0 Å². The fourth-order valence-electron chi connectivity index (χ4n) is 2.96. The molecule has 0 fully saturated rings. The van der Waals surface area contributed by atoms with Gasteiger partial charge >= 0.3 is 0 Å². The smallest absolute Gasteiger partial charge is 0.253 e. The monoisotopic (exact) mass is 346 g/mol. The van der Waals surface area contributed by atoms with Gasteiger partial charge in [0.25, 0.3) is 5.91 Å². The van der Waals surface area contributed by atoms with Gasteiger partial charge in [0.1, 0.15) is 5.52 Å². The predicted octanol–water partition coefficient (Wildman–Crippen LogP) is 2.58. The number of hydrogen-bond acceptors (Lipinski definition) is 4. The van der Waals surface area contributed by atoms with Gasteiger partial charge in [-0.3, -0.25) is 4.79 Å². The Morgan fingerprint density at radius 1 is 1.15 bits per heavy atom. The van der Waals surface area contributed by atoms with Gasteiger partial charge in [0, 0.05) is 19.8 Å². The molecule has 2 aromatic carbocycles. The number of carbonyl (C=O) groups is 1. The Kier molecular flexibility index (Phi) is 4.10. The molecule has 0 saturated carbocycles. The van der Waals surface area contributed by atoms with Crippen LogP contribution in [0.4, 0.5) is 0 Å². The maximum atomic E-state index is 12.3. The molecule has 2 heterocycles. The van der Waals surface area contributed by atoms with Gasteiger partial charge in [-0.25, -0.2) is 9.97 Å². The van der Waals surface area contributed by atoms with Crippen LogP contribution in [0, 0.1) is 0 Å². The van der Waals surface area contributed by atoms with E-state index in [1.54, 1.807) is 17.0 Å². The summed E-state index contributed by atoms with van der Waals surface area (Å²) < 4.78 is 1.79. The van der Waals surface area contributed by atoms with Gasteiger partial charge in [0.2, 0.25) is 0 Å². The first-order chi connectivity index (χ1) is 12.6. The van der Waals surface area contributed by atoms with Crippen LogP contribution in [0.1, 0.15) is 22.0 Å². The second-order valence-electron chi connectivity index (χ2n) is 6.25. The molecule has 6 nitrogen and oxygen atoms in total. The van der Waals surface area contributed by atoms with E-state index in [4.69, 9.17) is 0 Å². The number of aliphatic hydroxyl groups is 1. The van der Waals surface area contributed by atoms with Gasteiger partial charge in [0.15, 0.2) is 5.65 Å². The SMILES string of the molecule is Cn1cnc2cc(C(=O)NCC(O)c3ccc4ccccc4c3)cnc21. The van der Waals surface area contributed by atoms with Crippen LogP contribution in [-0.2, 0) is 7.05 Å². The highest BCUT2D eigenvalue weighted by atomic mass is 16.3. The molecule has 1 unspecified atom stereocenters. The third kappa shape index (κ3) is 3.02. The molecule has 4 aromatic rings. The summed E-state index contributed by atoms with van der Waals surface area (Å²) in [4.78, 5) is 20.8. The number of pyridine rings is 1. The zero-order chi connectivity index (χ0) is 18.1. The lowest BCUT2D eigenvalue weighted by Gasteiger charge is -2.13. The second kappa shape index (κ2) is 6.57. The molecule has 0 aliphatic rings. The molecule has 6 heteroatoms. The molecule has 2 N–H and O–H groups in total. The van der Waals surface area contributed by atoms with Crippen molar-refractivity contribution in [3.05, 3.63) is 72.2 Å². The summed E-state index contributed by atoms with van der Waals surface area (Å²) in [6.45, 7) is 0.122. The highest BCUT2D eigenvalue weighted by Crippen LogP contribution is 2.20. The van der Waals surface area contributed by atoms with E-state index >= 15 is 0 Å². The number of nitrogens with one attached hydrogen (secondary N) is 1. The number of nitrogens with zero attached hydrogens (tertiary/aromatic N) is 3. The highest BCUT2D eigenvalue weighted by molar-refractivity contribution is 5.96. The molecule has 1 atom stereocenters. The topological polar surface area (TPSA) is 80.0 Å². The number of aryl methyl sites for hydroxylation is 1. The van der Waals surface area contributed by atoms with Gasteiger partial charge in [0.05, 0.1) is 18.0 Å². The molecule has 2 aromatic heterocycles. The molecule has 0 aliphatic carbocycles. The van der Waals surface area contributed by atoms with Crippen molar-refractivity contribution in [3.8, 4) is 0 Å². The summed E-state index contributed by atoms with van der Waals surface area (Å²) in [7, 11) is 1.85. The Morgan fingerprint density at radius 3 is 2.81 bits per heavy atom. The van der Waals surface area contributed by atoms with E-state index in [1.807, 2.05) is 49.5 Å². The Bertz CT molecular complexity index is 1100. The minimum absolute atomic E-state index is 0.122. The largest absolute Gasteiger partial charge is 0.387 e. The molecule has 0 bridgehead atoms. The van der Waals surface area contributed by atoms with Gasteiger partial charge in [-0.2, -0.15) is 0 Å². The first-order valence-corrected chi connectivity index (χ1v) is 8.34. The van der Waals surface area contributed by atoms with Crippen LogP contribution in [0.15, 0.2) is 61.1 Å². The number of aromatic nitrogens is 3. The van der Waals surface area contributed by atoms with E-state index < -0.39 is 6.10 Å². The van der Waals surface area contributed by atoms with Crippen LogP contribution >= 0.6 is 0 Å². The maximum absolute atomic E-state index is 12.3. The number of carbonyl (C=O) groups excluding carboxylic acids is 1. The lowest BCUT2D eigenvalue weighted by molar-refractivity contribution is 0.0916. The van der Waals surface area contributed by atoms with Crippen molar-refractivity contribution in [2.24, 2.45) is 7.05 Å². The van der Waals surface area contributed by atoms with Crippen LogP contribution in [0.3, 0.4) is 0 Å². The molecular formula is C20H18N4O2. The third-order valence-electron chi connectivity index (χ3n) is 4.43. The molecular weight excluding hydrogens is 328 g/mol. The molecule has 0 spiro atoms. The fourth-order valence-corrected chi connectivity index (χ4v) is 2.96. The normalized spacial score (nSPS) is 12.4. The van der Waals surface area contributed by atoms with E-state index in [9.17, 15) is 9.90 Å². The van der Waals surface area contributed by atoms with Crippen LogP contribution in [0.2, 0.25) is 0 Å². The predicted molar refractivity (Wildman–Crippen MR) is 99.8 cm³/mol. The zero-order valence-corrected chi connectivity index (χ0v) is 14.3. The summed E-state index contributed by atoms with van der Waals surface area (Å²) in [5, 5.41) is 15.3. The molecule has 0 aliphatic heterocycles. The maximum Gasteiger partial charge on any atom is 0.253 e. The van der Waals surface area contributed by atoms with Crippen molar-refractivity contribution < 1.29 is 9.90 Å². The number of rotatable bonds is 4. The van der Waals surface area contributed by atoms with Crippen LogP contribution in [0.5, 0.6) is 0 Å². The molecule has 0 radical (unpaired) electrons. The Balaban J connectivity index is 1.46. The van der Waals surface area contributed by atoms with Crippen molar-refractivity contribution in [1.82, 2.24) is 19.9 Å². The van der Waals surface area contributed by atoms with E-state index in [-0.39, 0.29) is 12.5 Å². The number of amides is 1. The van der Waals surface area contributed by atoms with E-state index in [1.165, 1.54) is 6.20 Å². The van der Waals surface area contributed by atoms with Crippen molar-refractivity contribution in [3.63, 3.8) is 0 Å². The Morgan fingerprint density at radius 2 is 1.96 bits per heavy atom. The number of aliphatic hydroxyl groups excluding tert-OH is 1. The third-order valence-corrected chi connectivity index (χ3v) is 4.43. The van der Waals surface area contributed by atoms with Crippen molar-refractivity contribution in [2.75, 3.05) is 6.54 Å². The number of benzene rings is 2. The second-order valence-corrected chi connectivity index (χ2v) is 6.25. The molecule has 130 valence electrons. The van der Waals surface area contributed by atoms with Gasteiger partial charge in [-0.1, -0.05) is 36.4 Å². The van der Waals surface area contributed by atoms with Gasteiger partial charge in [-0.05, 0) is 28.5 Å². The molecule has 4 rings (SSSR count). The van der Waals surface area contributed by atoms with E-state index in [2.05, 4.69) is 15.3 Å². The lowest BCUT2D eigenvalue weighted by Crippen LogP contribution is -2.28. The molecule has 0 saturated heterocycles. The van der Waals surface area contributed by atoms with Crippen LogP contribution in [0.25, 0.3) is 21.9 Å². The average Bonchev–Trinajstić information content (AvgIpc) is 3.05. The highest BCUT2D eigenvalue weighted by Gasteiger charge is 2.13. The first-order valence-electron chi connectivity index (χ1n) is 8.34. The molecule has 26 heavy (non-hydrogen) atoms. The summed E-state index contributed by atoms with van der Waals surface area (Å²) in [6.07, 6.45) is 2.39. The minimum Gasteiger partial charge on any atom is -0.387 e. The van der Waals surface area contributed by atoms with Crippen LogP contribution < -0.4 is 5.32 Å². The lowest BCUT2D eigenvalue weighted by atomic mass is 10.0. The summed E-state index contributed by atoms with van der Waals surface area (Å²) in [5.41, 5.74) is 2.57. The summed E-state index contributed by atoms with van der Waals surface area (Å²) in [5.74, 6) is -0.287. The Labute approximate surface area is 150 Å². The number of fused-ring (bicyclic) bond motifs is 2.